The van der Waals surface area contributed by atoms with Crippen LogP contribution >= 0.6 is 0 Å². The molecule has 0 saturated carbocycles. The maximum Gasteiger partial charge on any atom is 0.407 e. The molecule has 0 radical (unpaired) electrons. The van der Waals surface area contributed by atoms with Gasteiger partial charge in [-0.25, -0.2) is 4.79 Å². The summed E-state index contributed by atoms with van der Waals surface area (Å²) in [6.07, 6.45) is 2.62. The molecular weight excluding hydrogens is 284 g/mol. The molecule has 2 N–H and O–H groups in total. The van der Waals surface area contributed by atoms with Crippen LogP contribution in [0.3, 0.4) is 0 Å². The molecule has 0 rings (SSSR count). The van der Waals surface area contributed by atoms with E-state index in [1.807, 2.05) is 34.6 Å². The van der Waals surface area contributed by atoms with E-state index in [4.69, 9.17) is 9.47 Å². The van der Waals surface area contributed by atoms with Crippen LogP contribution in [0.4, 0.5) is 4.79 Å². The average Bonchev–Trinajstić information content (AvgIpc) is 2.39. The van der Waals surface area contributed by atoms with Crippen molar-refractivity contribution in [2.45, 2.75) is 78.0 Å². The molecule has 0 aliphatic rings. The summed E-state index contributed by atoms with van der Waals surface area (Å²) in [5, 5.41) is 5.62. The molecule has 0 aromatic rings. The smallest absolute Gasteiger partial charge is 0.407 e. The Kier molecular flexibility index (Phi) is 9.81. The lowest BCUT2D eigenvalue weighted by atomic mass is 10.1. The molecule has 0 heterocycles. The van der Waals surface area contributed by atoms with Gasteiger partial charge in [0.2, 0.25) is 5.91 Å². The van der Waals surface area contributed by atoms with Gasteiger partial charge in [0.15, 0.2) is 0 Å². The second kappa shape index (κ2) is 10.4. The van der Waals surface area contributed by atoms with Gasteiger partial charge in [-0.1, -0.05) is 6.42 Å². The van der Waals surface area contributed by atoms with Crippen molar-refractivity contribution < 1.29 is 19.1 Å². The Hall–Kier alpha value is -1.30. The highest BCUT2D eigenvalue weighted by Crippen LogP contribution is 2.06. The summed E-state index contributed by atoms with van der Waals surface area (Å²) in [6, 6.07) is 0.00587. The van der Waals surface area contributed by atoms with Crippen LogP contribution < -0.4 is 10.6 Å². The van der Waals surface area contributed by atoms with Crippen molar-refractivity contribution in [1.29, 1.82) is 0 Å². The topological polar surface area (TPSA) is 76.7 Å². The summed E-state index contributed by atoms with van der Waals surface area (Å²) in [4.78, 5) is 23.1. The molecule has 0 aliphatic heterocycles. The van der Waals surface area contributed by atoms with Gasteiger partial charge in [0.05, 0.1) is 12.1 Å². The second-order valence-corrected chi connectivity index (χ2v) is 6.54. The minimum Gasteiger partial charge on any atom is -0.444 e. The zero-order chi connectivity index (χ0) is 17.2. The highest BCUT2D eigenvalue weighted by atomic mass is 16.6. The number of rotatable bonds is 9. The first-order chi connectivity index (χ1) is 10.2. The lowest BCUT2D eigenvalue weighted by Gasteiger charge is -2.20. The Labute approximate surface area is 134 Å². The standard InChI is InChI=1S/C16H32N2O4/c1-12(13(2)21-6)18-14(19)10-8-7-9-11-17-15(20)22-16(3,4)5/h12-13H,7-11H2,1-6H3,(H,17,20)(H,18,19)/t12?,13-/m0/s1. The molecule has 0 saturated heterocycles. The first kappa shape index (κ1) is 20.7. The van der Waals surface area contributed by atoms with Crippen LogP contribution in [-0.2, 0) is 14.3 Å². The normalized spacial score (nSPS) is 14.1. The molecular formula is C16H32N2O4. The van der Waals surface area contributed by atoms with E-state index in [-0.39, 0.29) is 18.1 Å². The number of carbonyl (C=O) groups is 2. The van der Waals surface area contributed by atoms with Crippen LogP contribution in [0.2, 0.25) is 0 Å². The number of unbranched alkanes of at least 4 members (excludes halogenated alkanes) is 2. The fourth-order valence-electron chi connectivity index (χ4n) is 1.74. The summed E-state index contributed by atoms with van der Waals surface area (Å²) in [7, 11) is 1.63. The van der Waals surface area contributed by atoms with Gasteiger partial charge in [0.1, 0.15) is 5.60 Å². The van der Waals surface area contributed by atoms with E-state index in [0.29, 0.717) is 13.0 Å². The van der Waals surface area contributed by atoms with E-state index >= 15 is 0 Å². The van der Waals surface area contributed by atoms with E-state index < -0.39 is 11.7 Å². The van der Waals surface area contributed by atoms with Gasteiger partial charge in [-0.05, 0) is 47.5 Å². The van der Waals surface area contributed by atoms with Gasteiger partial charge in [0.25, 0.3) is 0 Å². The number of hydrogen-bond donors (Lipinski definition) is 2. The molecule has 0 fully saturated rings. The SMILES string of the molecule is CO[C@@H](C)C(C)NC(=O)CCCCCNC(=O)OC(C)(C)C. The van der Waals surface area contributed by atoms with E-state index in [1.165, 1.54) is 0 Å². The molecule has 0 aliphatic carbocycles. The monoisotopic (exact) mass is 316 g/mol. The Bertz CT molecular complexity index is 340. The van der Waals surface area contributed by atoms with Crippen LogP contribution in [0.25, 0.3) is 0 Å². The van der Waals surface area contributed by atoms with Crippen molar-refractivity contribution in [2.75, 3.05) is 13.7 Å². The van der Waals surface area contributed by atoms with Crippen LogP contribution in [0, 0.1) is 0 Å². The van der Waals surface area contributed by atoms with Crippen molar-refractivity contribution in [2.24, 2.45) is 0 Å². The molecule has 0 aromatic heterocycles. The number of amides is 2. The maximum absolute atomic E-state index is 11.7. The molecule has 0 aromatic carbocycles. The Balaban J connectivity index is 3.61. The Morgan fingerprint density at radius 3 is 2.27 bits per heavy atom. The van der Waals surface area contributed by atoms with Crippen molar-refractivity contribution in [3.63, 3.8) is 0 Å². The number of ether oxygens (including phenoxy) is 2. The van der Waals surface area contributed by atoms with Gasteiger partial charge >= 0.3 is 6.09 Å². The van der Waals surface area contributed by atoms with Gasteiger partial charge in [0, 0.05) is 20.1 Å². The quantitative estimate of drug-likeness (QED) is 0.641. The second-order valence-electron chi connectivity index (χ2n) is 6.54. The van der Waals surface area contributed by atoms with Crippen LogP contribution in [0.1, 0.15) is 60.3 Å². The van der Waals surface area contributed by atoms with Crippen LogP contribution in [0.5, 0.6) is 0 Å². The van der Waals surface area contributed by atoms with E-state index in [0.717, 1.165) is 19.3 Å². The van der Waals surface area contributed by atoms with Crippen LogP contribution in [-0.4, -0.2) is 43.4 Å². The number of alkyl carbamates (subject to hydrolysis) is 1. The molecule has 1 unspecified atom stereocenters. The van der Waals surface area contributed by atoms with E-state index in [9.17, 15) is 9.59 Å². The number of methoxy groups -OCH3 is 1. The third-order valence-corrected chi connectivity index (χ3v) is 3.21. The van der Waals surface area contributed by atoms with Gasteiger partial charge in [-0.2, -0.15) is 0 Å². The molecule has 6 heteroatoms. The molecule has 22 heavy (non-hydrogen) atoms. The summed E-state index contributed by atoms with van der Waals surface area (Å²) in [5.41, 5.74) is -0.474. The Morgan fingerprint density at radius 2 is 1.73 bits per heavy atom. The van der Waals surface area contributed by atoms with Gasteiger partial charge in [-0.3, -0.25) is 4.79 Å². The number of carbonyl (C=O) groups excluding carboxylic acids is 2. The molecule has 6 nitrogen and oxygen atoms in total. The highest BCUT2D eigenvalue weighted by molar-refractivity contribution is 5.76. The third-order valence-electron chi connectivity index (χ3n) is 3.21. The molecule has 0 spiro atoms. The highest BCUT2D eigenvalue weighted by Gasteiger charge is 2.15. The average molecular weight is 316 g/mol. The van der Waals surface area contributed by atoms with Crippen LogP contribution in [0.15, 0.2) is 0 Å². The lowest BCUT2D eigenvalue weighted by molar-refractivity contribution is -0.122. The summed E-state index contributed by atoms with van der Waals surface area (Å²) in [6.45, 7) is 9.90. The van der Waals surface area contributed by atoms with Gasteiger partial charge < -0.3 is 20.1 Å². The third kappa shape index (κ3) is 11.4. The molecule has 130 valence electrons. The molecule has 2 amide bonds. The van der Waals surface area contributed by atoms with Gasteiger partial charge in [-0.15, -0.1) is 0 Å². The molecule has 2 atom stereocenters. The van der Waals surface area contributed by atoms with E-state index in [2.05, 4.69) is 10.6 Å². The lowest BCUT2D eigenvalue weighted by Crippen LogP contribution is -2.40. The zero-order valence-corrected chi connectivity index (χ0v) is 14.8. The minimum absolute atomic E-state index is 0.00183. The Morgan fingerprint density at radius 1 is 1.09 bits per heavy atom. The summed E-state index contributed by atoms with van der Waals surface area (Å²) < 4.78 is 10.3. The number of nitrogens with one attached hydrogen (secondary N) is 2. The van der Waals surface area contributed by atoms with Crippen molar-refractivity contribution >= 4 is 12.0 Å². The largest absolute Gasteiger partial charge is 0.444 e. The summed E-state index contributed by atoms with van der Waals surface area (Å²) >= 11 is 0. The van der Waals surface area contributed by atoms with Crippen molar-refractivity contribution in [3.8, 4) is 0 Å². The minimum atomic E-state index is -0.474. The first-order valence-electron chi connectivity index (χ1n) is 7.94. The predicted molar refractivity (Wildman–Crippen MR) is 86.8 cm³/mol. The van der Waals surface area contributed by atoms with E-state index in [1.54, 1.807) is 7.11 Å². The van der Waals surface area contributed by atoms with Crippen molar-refractivity contribution in [1.82, 2.24) is 10.6 Å². The van der Waals surface area contributed by atoms with Crippen molar-refractivity contribution in [3.05, 3.63) is 0 Å². The fraction of sp³-hybridized carbons (Fsp3) is 0.875. The number of hydrogen-bond acceptors (Lipinski definition) is 4. The zero-order valence-electron chi connectivity index (χ0n) is 14.8. The first-order valence-corrected chi connectivity index (χ1v) is 7.94. The fourth-order valence-corrected chi connectivity index (χ4v) is 1.74. The maximum atomic E-state index is 11.7. The predicted octanol–water partition coefficient (Wildman–Crippen LogP) is 2.61. The summed E-state index contributed by atoms with van der Waals surface area (Å²) in [5.74, 6) is 0.0384. The molecule has 0 bridgehead atoms.